The average molecular weight is 171 g/mol. The van der Waals surface area contributed by atoms with Gasteiger partial charge in [-0.3, -0.25) is 4.79 Å². The molecule has 0 saturated heterocycles. The molecule has 1 saturated carbocycles. The summed E-state index contributed by atoms with van der Waals surface area (Å²) in [6.45, 7) is 1.77. The number of nitrogens with two attached hydrogens (primary N) is 1. The van der Waals surface area contributed by atoms with Crippen molar-refractivity contribution in [2.75, 3.05) is 27.2 Å². The number of primary amides is 1. The van der Waals surface area contributed by atoms with Gasteiger partial charge in [0.15, 0.2) is 0 Å². The highest BCUT2D eigenvalue weighted by molar-refractivity contribution is 5.87. The summed E-state index contributed by atoms with van der Waals surface area (Å²) >= 11 is 0. The average Bonchev–Trinajstić information content (AvgIpc) is 2.68. The lowest BCUT2D eigenvalue weighted by molar-refractivity contribution is -0.121. The van der Waals surface area contributed by atoms with Crippen molar-refractivity contribution in [1.82, 2.24) is 10.2 Å². The van der Waals surface area contributed by atoms with Gasteiger partial charge < -0.3 is 16.0 Å². The van der Waals surface area contributed by atoms with Crippen LogP contribution in [-0.2, 0) is 4.79 Å². The van der Waals surface area contributed by atoms with Crippen molar-refractivity contribution in [3.05, 3.63) is 0 Å². The first-order valence-electron chi connectivity index (χ1n) is 4.26. The molecule has 70 valence electrons. The van der Waals surface area contributed by atoms with Crippen LogP contribution >= 0.6 is 0 Å². The second kappa shape index (κ2) is 3.41. The Morgan fingerprint density at radius 1 is 1.58 bits per heavy atom. The predicted octanol–water partition coefficient (Wildman–Crippen LogP) is -0.844. The van der Waals surface area contributed by atoms with Crippen molar-refractivity contribution in [3.63, 3.8) is 0 Å². The Morgan fingerprint density at radius 3 is 2.50 bits per heavy atom. The van der Waals surface area contributed by atoms with Crippen LogP contribution in [0.4, 0.5) is 0 Å². The van der Waals surface area contributed by atoms with Crippen LogP contribution in [0.5, 0.6) is 0 Å². The molecule has 1 aliphatic carbocycles. The normalized spacial score (nSPS) is 19.6. The van der Waals surface area contributed by atoms with Crippen LogP contribution in [0.2, 0.25) is 0 Å². The van der Waals surface area contributed by atoms with Gasteiger partial charge in [0.25, 0.3) is 0 Å². The summed E-state index contributed by atoms with van der Waals surface area (Å²) in [5.41, 5.74) is 4.88. The Kier molecular flexibility index (Phi) is 2.69. The third-order valence-electron chi connectivity index (χ3n) is 2.24. The summed E-state index contributed by atoms with van der Waals surface area (Å²) in [6.07, 6.45) is 1.80. The highest BCUT2D eigenvalue weighted by Gasteiger charge is 2.47. The Bertz CT molecular complexity index is 175. The van der Waals surface area contributed by atoms with Crippen LogP contribution in [0.25, 0.3) is 0 Å². The molecule has 0 radical (unpaired) electrons. The summed E-state index contributed by atoms with van der Waals surface area (Å²) in [7, 11) is 4.01. The molecular weight excluding hydrogens is 154 g/mol. The van der Waals surface area contributed by atoms with Crippen LogP contribution in [0.3, 0.4) is 0 Å². The van der Waals surface area contributed by atoms with E-state index in [1.165, 1.54) is 0 Å². The van der Waals surface area contributed by atoms with E-state index in [0.29, 0.717) is 0 Å². The van der Waals surface area contributed by atoms with Gasteiger partial charge in [0, 0.05) is 13.1 Å². The van der Waals surface area contributed by atoms with E-state index in [1.54, 1.807) is 0 Å². The summed E-state index contributed by atoms with van der Waals surface area (Å²) < 4.78 is 0. The van der Waals surface area contributed by atoms with Gasteiger partial charge in [-0.05, 0) is 26.9 Å². The fraction of sp³-hybridized carbons (Fsp3) is 0.875. The maximum Gasteiger partial charge on any atom is 0.237 e. The topological polar surface area (TPSA) is 58.4 Å². The maximum atomic E-state index is 10.9. The lowest BCUT2D eigenvalue weighted by Gasteiger charge is -2.15. The molecule has 1 amide bonds. The Morgan fingerprint density at radius 2 is 2.17 bits per heavy atom. The first kappa shape index (κ1) is 9.48. The fourth-order valence-electron chi connectivity index (χ4n) is 1.15. The van der Waals surface area contributed by atoms with E-state index in [0.717, 1.165) is 25.9 Å². The van der Waals surface area contributed by atoms with Crippen LogP contribution in [0.1, 0.15) is 12.8 Å². The standard InChI is InChI=1S/C8H17N3O/c1-11(2)6-5-10-8(3-4-8)7(9)12/h10H,3-6H2,1-2H3,(H2,9,12). The van der Waals surface area contributed by atoms with Crippen molar-refractivity contribution in [1.29, 1.82) is 0 Å². The molecule has 0 atom stereocenters. The molecule has 1 rings (SSSR count). The highest BCUT2D eigenvalue weighted by atomic mass is 16.1. The molecule has 0 aromatic rings. The zero-order chi connectivity index (χ0) is 9.19. The minimum absolute atomic E-state index is 0.207. The van der Waals surface area contributed by atoms with Crippen LogP contribution in [0, 0.1) is 0 Å². The number of rotatable bonds is 5. The Hall–Kier alpha value is -0.610. The van der Waals surface area contributed by atoms with E-state index in [9.17, 15) is 4.79 Å². The number of hydrogen-bond acceptors (Lipinski definition) is 3. The molecule has 0 unspecified atom stereocenters. The SMILES string of the molecule is CN(C)CCNC1(C(N)=O)CC1. The van der Waals surface area contributed by atoms with Crippen molar-refractivity contribution >= 4 is 5.91 Å². The Labute approximate surface area is 73.1 Å². The summed E-state index contributed by atoms with van der Waals surface area (Å²) in [5.74, 6) is -0.207. The zero-order valence-electron chi connectivity index (χ0n) is 7.76. The minimum atomic E-state index is -0.351. The number of hydrogen-bond donors (Lipinski definition) is 2. The van der Waals surface area contributed by atoms with Crippen LogP contribution in [0.15, 0.2) is 0 Å². The lowest BCUT2D eigenvalue weighted by atomic mass is 10.2. The van der Waals surface area contributed by atoms with E-state index in [2.05, 4.69) is 10.2 Å². The van der Waals surface area contributed by atoms with Gasteiger partial charge in [-0.2, -0.15) is 0 Å². The van der Waals surface area contributed by atoms with Gasteiger partial charge in [-0.1, -0.05) is 0 Å². The Balaban J connectivity index is 2.19. The molecule has 0 aromatic carbocycles. The maximum absolute atomic E-state index is 10.9. The summed E-state index contributed by atoms with van der Waals surface area (Å²) in [4.78, 5) is 13.0. The van der Waals surface area contributed by atoms with Crippen molar-refractivity contribution < 1.29 is 4.79 Å². The minimum Gasteiger partial charge on any atom is -0.368 e. The summed E-state index contributed by atoms with van der Waals surface area (Å²) in [5, 5.41) is 3.18. The molecule has 0 bridgehead atoms. The number of amides is 1. The third-order valence-corrected chi connectivity index (χ3v) is 2.24. The predicted molar refractivity (Wildman–Crippen MR) is 47.7 cm³/mol. The van der Waals surface area contributed by atoms with Crippen molar-refractivity contribution in [3.8, 4) is 0 Å². The molecular formula is C8H17N3O. The van der Waals surface area contributed by atoms with E-state index in [-0.39, 0.29) is 11.4 Å². The number of likely N-dealkylation sites (N-methyl/N-ethyl adjacent to an activating group) is 1. The number of carbonyl (C=O) groups excluding carboxylic acids is 1. The van der Waals surface area contributed by atoms with Gasteiger partial charge in [-0.15, -0.1) is 0 Å². The molecule has 4 nitrogen and oxygen atoms in total. The first-order valence-corrected chi connectivity index (χ1v) is 4.26. The first-order chi connectivity index (χ1) is 5.57. The van der Waals surface area contributed by atoms with Gasteiger partial charge in [0.05, 0.1) is 5.54 Å². The molecule has 1 aliphatic rings. The molecule has 0 heterocycles. The molecule has 0 spiro atoms. The highest BCUT2D eigenvalue weighted by Crippen LogP contribution is 2.34. The van der Waals surface area contributed by atoms with Gasteiger partial charge in [0.1, 0.15) is 0 Å². The van der Waals surface area contributed by atoms with Crippen molar-refractivity contribution in [2.24, 2.45) is 5.73 Å². The fourth-order valence-corrected chi connectivity index (χ4v) is 1.15. The zero-order valence-corrected chi connectivity index (χ0v) is 7.76. The van der Waals surface area contributed by atoms with E-state index >= 15 is 0 Å². The van der Waals surface area contributed by atoms with Crippen LogP contribution < -0.4 is 11.1 Å². The van der Waals surface area contributed by atoms with E-state index in [1.807, 2.05) is 14.1 Å². The molecule has 4 heteroatoms. The number of nitrogens with zero attached hydrogens (tertiary/aromatic N) is 1. The molecule has 0 aliphatic heterocycles. The smallest absolute Gasteiger partial charge is 0.237 e. The van der Waals surface area contributed by atoms with Gasteiger partial charge in [-0.25, -0.2) is 0 Å². The van der Waals surface area contributed by atoms with E-state index in [4.69, 9.17) is 5.73 Å². The third kappa shape index (κ3) is 2.19. The molecule has 3 N–H and O–H groups in total. The van der Waals surface area contributed by atoms with Crippen LogP contribution in [-0.4, -0.2) is 43.5 Å². The summed E-state index contributed by atoms with van der Waals surface area (Å²) in [6, 6.07) is 0. The lowest BCUT2D eigenvalue weighted by Crippen LogP contribution is -2.45. The second-order valence-electron chi connectivity index (χ2n) is 3.68. The van der Waals surface area contributed by atoms with E-state index < -0.39 is 0 Å². The van der Waals surface area contributed by atoms with Gasteiger partial charge >= 0.3 is 0 Å². The molecule has 1 fully saturated rings. The quantitative estimate of drug-likeness (QED) is 0.567. The monoisotopic (exact) mass is 171 g/mol. The van der Waals surface area contributed by atoms with Crippen molar-refractivity contribution in [2.45, 2.75) is 18.4 Å². The van der Waals surface area contributed by atoms with Gasteiger partial charge in [0.2, 0.25) is 5.91 Å². The number of carbonyl (C=O) groups is 1. The molecule has 0 aromatic heterocycles. The molecule has 12 heavy (non-hydrogen) atoms. The second-order valence-corrected chi connectivity index (χ2v) is 3.68. The largest absolute Gasteiger partial charge is 0.368 e. The number of nitrogens with one attached hydrogen (secondary N) is 1.